The fourth-order valence-corrected chi connectivity index (χ4v) is 2.14. The van der Waals surface area contributed by atoms with Crippen LogP contribution in [0.25, 0.3) is 0 Å². The molecule has 0 saturated heterocycles. The number of alkyl carbamates (subject to hydrolysis) is 1. The molecule has 2 aromatic rings. The molecule has 1 amide bonds. The van der Waals surface area contributed by atoms with Crippen LogP contribution in [-0.2, 0) is 16.1 Å². The normalized spacial score (nSPS) is 13.0. The average molecular weight is 313 g/mol. The third-order valence-corrected chi connectivity index (χ3v) is 3.38. The van der Waals surface area contributed by atoms with Crippen LogP contribution >= 0.6 is 0 Å². The van der Waals surface area contributed by atoms with Crippen LogP contribution in [0.15, 0.2) is 60.7 Å². The van der Waals surface area contributed by atoms with Crippen LogP contribution in [0.4, 0.5) is 4.79 Å². The number of aliphatic hydroxyl groups excluding tert-OH is 1. The van der Waals surface area contributed by atoms with E-state index in [4.69, 9.17) is 4.74 Å². The number of hydrogen-bond donors (Lipinski definition) is 2. The smallest absolute Gasteiger partial charge is 0.408 e. The van der Waals surface area contributed by atoms with E-state index in [9.17, 15) is 14.7 Å². The summed E-state index contributed by atoms with van der Waals surface area (Å²) in [6.45, 7) is 1.41. The number of amides is 1. The lowest BCUT2D eigenvalue weighted by Crippen LogP contribution is -2.44. The molecule has 0 aromatic heterocycles. The molecule has 0 fully saturated rings. The number of ether oxygens (including phenoxy) is 1. The van der Waals surface area contributed by atoms with Gasteiger partial charge >= 0.3 is 6.09 Å². The van der Waals surface area contributed by atoms with Gasteiger partial charge in [-0.3, -0.25) is 4.79 Å². The molecule has 2 aromatic carbocycles. The second-order valence-corrected chi connectivity index (χ2v) is 5.15. The Balaban J connectivity index is 1.96. The highest BCUT2D eigenvalue weighted by Gasteiger charge is 2.27. The minimum Gasteiger partial charge on any atom is -0.445 e. The molecular weight excluding hydrogens is 294 g/mol. The van der Waals surface area contributed by atoms with Crippen LogP contribution in [0.2, 0.25) is 0 Å². The molecule has 0 aliphatic heterocycles. The summed E-state index contributed by atoms with van der Waals surface area (Å²) in [7, 11) is 0. The van der Waals surface area contributed by atoms with Gasteiger partial charge in [0, 0.05) is 0 Å². The molecule has 5 nitrogen and oxygen atoms in total. The number of rotatable bonds is 6. The number of aliphatic hydroxyl groups is 1. The van der Waals surface area contributed by atoms with Crippen LogP contribution in [0.5, 0.6) is 0 Å². The molecule has 0 bridgehead atoms. The van der Waals surface area contributed by atoms with E-state index in [0.29, 0.717) is 5.56 Å². The van der Waals surface area contributed by atoms with Gasteiger partial charge in [-0.25, -0.2) is 4.79 Å². The number of carbonyl (C=O) groups excluding carboxylic acids is 2. The summed E-state index contributed by atoms with van der Waals surface area (Å²) in [5.41, 5.74) is 1.39. The molecule has 0 heterocycles. The number of hydrogen-bond acceptors (Lipinski definition) is 4. The first-order chi connectivity index (χ1) is 11.1. The Bertz CT molecular complexity index is 643. The SMILES string of the molecule is CC(=O)[C@H](NC(=O)OCc1ccccc1)[C@@H](O)c1ccccc1. The molecule has 2 N–H and O–H groups in total. The number of ketones is 1. The Labute approximate surface area is 134 Å². The van der Waals surface area contributed by atoms with Crippen molar-refractivity contribution in [3.8, 4) is 0 Å². The van der Waals surface area contributed by atoms with Crippen molar-refractivity contribution in [1.82, 2.24) is 5.32 Å². The molecule has 0 saturated carbocycles. The van der Waals surface area contributed by atoms with E-state index in [2.05, 4.69) is 5.32 Å². The van der Waals surface area contributed by atoms with Gasteiger partial charge in [-0.15, -0.1) is 0 Å². The topological polar surface area (TPSA) is 75.6 Å². The third-order valence-electron chi connectivity index (χ3n) is 3.38. The minimum absolute atomic E-state index is 0.0960. The molecule has 0 radical (unpaired) electrons. The predicted octanol–water partition coefficient (Wildman–Crippen LogP) is 2.60. The predicted molar refractivity (Wildman–Crippen MR) is 85.6 cm³/mol. The first-order valence-corrected chi connectivity index (χ1v) is 7.28. The Morgan fingerprint density at radius 3 is 2.17 bits per heavy atom. The summed E-state index contributed by atoms with van der Waals surface area (Å²) in [5, 5.41) is 12.7. The number of nitrogens with one attached hydrogen (secondary N) is 1. The standard InChI is InChI=1S/C18H19NO4/c1-13(20)16(17(21)15-10-6-3-7-11-15)19-18(22)23-12-14-8-4-2-5-9-14/h2-11,16-17,21H,12H2,1H3,(H,19,22)/t16-,17-/m0/s1. The molecule has 5 heteroatoms. The van der Waals surface area contributed by atoms with E-state index < -0.39 is 18.2 Å². The summed E-state index contributed by atoms with van der Waals surface area (Å²) in [4.78, 5) is 23.6. The van der Waals surface area contributed by atoms with Crippen molar-refractivity contribution in [1.29, 1.82) is 0 Å². The zero-order chi connectivity index (χ0) is 16.7. The molecule has 0 spiro atoms. The van der Waals surface area contributed by atoms with E-state index in [1.165, 1.54) is 6.92 Å². The molecule has 0 aliphatic rings. The Morgan fingerprint density at radius 1 is 1.04 bits per heavy atom. The van der Waals surface area contributed by atoms with Gasteiger partial charge in [0.05, 0.1) is 0 Å². The second-order valence-electron chi connectivity index (χ2n) is 5.15. The summed E-state index contributed by atoms with van der Waals surface area (Å²) in [5.74, 6) is -0.349. The van der Waals surface area contributed by atoms with Gasteiger partial charge in [0.2, 0.25) is 0 Å². The maximum atomic E-state index is 11.9. The van der Waals surface area contributed by atoms with Crippen LogP contribution in [-0.4, -0.2) is 23.0 Å². The highest BCUT2D eigenvalue weighted by Crippen LogP contribution is 2.17. The third kappa shape index (κ3) is 4.93. The monoisotopic (exact) mass is 313 g/mol. The van der Waals surface area contributed by atoms with Gasteiger partial charge in [0.25, 0.3) is 0 Å². The van der Waals surface area contributed by atoms with Crippen molar-refractivity contribution < 1.29 is 19.4 Å². The summed E-state index contributed by atoms with van der Waals surface area (Å²) < 4.78 is 5.08. The van der Waals surface area contributed by atoms with E-state index in [1.54, 1.807) is 30.3 Å². The highest BCUT2D eigenvalue weighted by atomic mass is 16.5. The number of Topliss-reactive ketones (excluding diaryl/α,β-unsaturated/α-hetero) is 1. The first-order valence-electron chi connectivity index (χ1n) is 7.28. The van der Waals surface area contributed by atoms with E-state index >= 15 is 0 Å². The number of benzene rings is 2. The molecular formula is C18H19NO4. The summed E-state index contributed by atoms with van der Waals surface area (Å²) >= 11 is 0. The zero-order valence-electron chi connectivity index (χ0n) is 12.8. The van der Waals surface area contributed by atoms with Crippen LogP contribution in [0.1, 0.15) is 24.2 Å². The molecule has 120 valence electrons. The second kappa shape index (κ2) is 8.10. The lowest BCUT2D eigenvalue weighted by Gasteiger charge is -2.21. The van der Waals surface area contributed by atoms with Crippen LogP contribution in [0.3, 0.4) is 0 Å². The van der Waals surface area contributed by atoms with Gasteiger partial charge in [-0.1, -0.05) is 60.7 Å². The maximum Gasteiger partial charge on any atom is 0.408 e. The van der Waals surface area contributed by atoms with E-state index in [0.717, 1.165) is 5.56 Å². The van der Waals surface area contributed by atoms with Crippen molar-refractivity contribution in [3.05, 3.63) is 71.8 Å². The maximum absolute atomic E-state index is 11.9. The van der Waals surface area contributed by atoms with Gasteiger partial charge in [-0.05, 0) is 18.1 Å². The van der Waals surface area contributed by atoms with E-state index in [1.807, 2.05) is 30.3 Å². The fourth-order valence-electron chi connectivity index (χ4n) is 2.14. The Hall–Kier alpha value is -2.66. The molecule has 2 atom stereocenters. The Morgan fingerprint density at radius 2 is 1.61 bits per heavy atom. The lowest BCUT2D eigenvalue weighted by atomic mass is 10.00. The largest absolute Gasteiger partial charge is 0.445 e. The van der Waals surface area contributed by atoms with Crippen molar-refractivity contribution in [2.75, 3.05) is 0 Å². The highest BCUT2D eigenvalue weighted by molar-refractivity contribution is 5.86. The van der Waals surface area contributed by atoms with Crippen molar-refractivity contribution in [2.45, 2.75) is 25.7 Å². The molecule has 23 heavy (non-hydrogen) atoms. The minimum atomic E-state index is -1.13. The quantitative estimate of drug-likeness (QED) is 0.859. The van der Waals surface area contributed by atoms with Crippen molar-refractivity contribution in [3.63, 3.8) is 0 Å². The van der Waals surface area contributed by atoms with Gasteiger partial charge in [0.1, 0.15) is 18.8 Å². The van der Waals surface area contributed by atoms with E-state index in [-0.39, 0.29) is 12.4 Å². The summed E-state index contributed by atoms with van der Waals surface area (Å²) in [6, 6.07) is 16.8. The fraction of sp³-hybridized carbons (Fsp3) is 0.222. The first kappa shape index (κ1) is 16.7. The van der Waals surface area contributed by atoms with Crippen molar-refractivity contribution >= 4 is 11.9 Å². The summed E-state index contributed by atoms with van der Waals surface area (Å²) in [6.07, 6.45) is -1.87. The Kier molecular flexibility index (Phi) is 5.88. The van der Waals surface area contributed by atoms with Gasteiger partial charge in [0.15, 0.2) is 5.78 Å². The van der Waals surface area contributed by atoms with Crippen LogP contribution < -0.4 is 5.32 Å². The molecule has 2 rings (SSSR count). The zero-order valence-corrected chi connectivity index (χ0v) is 12.8. The number of carbonyl (C=O) groups is 2. The van der Waals surface area contributed by atoms with Gasteiger partial charge in [-0.2, -0.15) is 0 Å². The van der Waals surface area contributed by atoms with Gasteiger partial charge < -0.3 is 15.2 Å². The lowest BCUT2D eigenvalue weighted by molar-refractivity contribution is -0.121. The molecule has 0 aliphatic carbocycles. The van der Waals surface area contributed by atoms with Crippen molar-refractivity contribution in [2.24, 2.45) is 0 Å². The molecule has 0 unspecified atom stereocenters. The average Bonchev–Trinajstić information content (AvgIpc) is 2.58. The van der Waals surface area contributed by atoms with Crippen LogP contribution in [0, 0.1) is 0 Å².